The molecule has 7 heteroatoms. The van der Waals surface area contributed by atoms with Crippen molar-refractivity contribution in [1.82, 2.24) is 10.6 Å². The molecule has 0 saturated carbocycles. The number of amides is 3. The molecule has 2 aromatic rings. The van der Waals surface area contributed by atoms with Crippen molar-refractivity contribution in [1.29, 1.82) is 0 Å². The van der Waals surface area contributed by atoms with Crippen molar-refractivity contribution in [2.75, 3.05) is 25.1 Å². The van der Waals surface area contributed by atoms with Gasteiger partial charge in [0.25, 0.3) is 0 Å². The van der Waals surface area contributed by atoms with Crippen LogP contribution in [-0.4, -0.2) is 37.9 Å². The lowest BCUT2D eigenvalue weighted by molar-refractivity contribution is -0.121. The van der Waals surface area contributed by atoms with Gasteiger partial charge < -0.3 is 20.3 Å². The Balaban J connectivity index is 1.34. The Morgan fingerprint density at radius 1 is 1.06 bits per heavy atom. The number of nitrogens with one attached hydrogen (secondary N) is 2. The summed E-state index contributed by atoms with van der Waals surface area (Å²) in [5, 5.41) is 5.54. The Morgan fingerprint density at radius 3 is 2.45 bits per heavy atom. The number of rotatable bonds is 9. The Labute approximate surface area is 182 Å². The Morgan fingerprint density at radius 2 is 1.81 bits per heavy atom. The van der Waals surface area contributed by atoms with Crippen molar-refractivity contribution >= 4 is 29.5 Å². The Kier molecular flexibility index (Phi) is 7.81. The van der Waals surface area contributed by atoms with Crippen molar-refractivity contribution in [2.45, 2.75) is 25.8 Å². The number of benzene rings is 2. The minimum atomic E-state index is -0.254. The van der Waals surface area contributed by atoms with E-state index in [0.29, 0.717) is 13.0 Å². The highest BCUT2D eigenvalue weighted by atomic mass is 16.5. The van der Waals surface area contributed by atoms with E-state index in [1.165, 1.54) is 6.08 Å². The fourth-order valence-corrected chi connectivity index (χ4v) is 3.25. The summed E-state index contributed by atoms with van der Waals surface area (Å²) >= 11 is 0. The number of hydrogen-bond donors (Lipinski definition) is 2. The Hall–Kier alpha value is -3.61. The number of ether oxygens (including phenoxy) is 1. The predicted molar refractivity (Wildman–Crippen MR) is 120 cm³/mol. The first kappa shape index (κ1) is 22.1. The molecular formula is C24H27N3O4. The van der Waals surface area contributed by atoms with Gasteiger partial charge >= 0.3 is 0 Å². The summed E-state index contributed by atoms with van der Waals surface area (Å²) in [7, 11) is 1.60. The van der Waals surface area contributed by atoms with Gasteiger partial charge in [-0.25, -0.2) is 0 Å². The summed E-state index contributed by atoms with van der Waals surface area (Å²) in [5.74, 6) is 0.515. The van der Waals surface area contributed by atoms with Crippen molar-refractivity contribution in [3.8, 4) is 5.75 Å². The van der Waals surface area contributed by atoms with Gasteiger partial charge in [-0.15, -0.1) is 0 Å². The highest BCUT2D eigenvalue weighted by Crippen LogP contribution is 2.21. The molecule has 3 amide bonds. The molecule has 1 saturated heterocycles. The molecule has 1 heterocycles. The van der Waals surface area contributed by atoms with E-state index in [-0.39, 0.29) is 30.7 Å². The lowest BCUT2D eigenvalue weighted by atomic mass is 10.2. The standard InChI is InChI=1S/C24H27N3O4/c1-31-21-11-6-18(7-12-21)8-13-22(28)25-15-14-23(29)26-17-19-4-9-20(10-5-19)27-16-2-3-24(27)30/h4-13H,2-3,14-17H2,1H3,(H,25,28)(H,26,29)/b13-8+. The summed E-state index contributed by atoms with van der Waals surface area (Å²) in [6.07, 6.45) is 4.83. The van der Waals surface area contributed by atoms with Gasteiger partial charge in [-0.1, -0.05) is 24.3 Å². The van der Waals surface area contributed by atoms with Crippen molar-refractivity contribution in [3.63, 3.8) is 0 Å². The van der Waals surface area contributed by atoms with Crippen molar-refractivity contribution in [2.24, 2.45) is 0 Å². The summed E-state index contributed by atoms with van der Waals surface area (Å²) in [5.41, 5.74) is 2.73. The molecule has 2 aromatic carbocycles. The molecule has 31 heavy (non-hydrogen) atoms. The van der Waals surface area contributed by atoms with Gasteiger partial charge in [0.1, 0.15) is 5.75 Å². The van der Waals surface area contributed by atoms with E-state index in [2.05, 4.69) is 10.6 Å². The average molecular weight is 421 g/mol. The van der Waals surface area contributed by atoms with E-state index in [1.54, 1.807) is 18.1 Å². The number of carbonyl (C=O) groups is 3. The topological polar surface area (TPSA) is 87.7 Å². The van der Waals surface area contributed by atoms with Gasteiger partial charge in [0.05, 0.1) is 7.11 Å². The highest BCUT2D eigenvalue weighted by molar-refractivity contribution is 5.95. The van der Waals surface area contributed by atoms with Crippen molar-refractivity contribution in [3.05, 3.63) is 65.7 Å². The molecule has 1 fully saturated rings. The quantitative estimate of drug-likeness (QED) is 0.610. The molecule has 0 bridgehead atoms. The highest BCUT2D eigenvalue weighted by Gasteiger charge is 2.21. The third kappa shape index (κ3) is 6.70. The number of methoxy groups -OCH3 is 1. The number of anilines is 1. The molecule has 7 nitrogen and oxygen atoms in total. The molecule has 162 valence electrons. The summed E-state index contributed by atoms with van der Waals surface area (Å²) in [6.45, 7) is 1.42. The molecule has 3 rings (SSSR count). The zero-order chi connectivity index (χ0) is 22.1. The monoisotopic (exact) mass is 421 g/mol. The van der Waals surface area contributed by atoms with E-state index < -0.39 is 0 Å². The predicted octanol–water partition coefficient (Wildman–Crippen LogP) is 2.66. The molecule has 2 N–H and O–H groups in total. The zero-order valence-corrected chi connectivity index (χ0v) is 17.6. The van der Waals surface area contributed by atoms with Crippen LogP contribution in [-0.2, 0) is 20.9 Å². The molecule has 0 radical (unpaired) electrons. The summed E-state index contributed by atoms with van der Waals surface area (Å²) < 4.78 is 5.09. The SMILES string of the molecule is COc1ccc(/C=C/C(=O)NCCC(=O)NCc2ccc(N3CCCC3=O)cc2)cc1. The molecule has 0 unspecified atom stereocenters. The molecule has 0 aromatic heterocycles. The Bertz CT molecular complexity index is 936. The first-order valence-electron chi connectivity index (χ1n) is 10.3. The third-order valence-electron chi connectivity index (χ3n) is 5.01. The fraction of sp³-hybridized carbons (Fsp3) is 0.292. The minimum absolute atomic E-state index is 0.141. The van der Waals surface area contributed by atoms with Crippen LogP contribution in [0.2, 0.25) is 0 Å². The van der Waals surface area contributed by atoms with Crippen molar-refractivity contribution < 1.29 is 19.1 Å². The summed E-state index contributed by atoms with van der Waals surface area (Å²) in [4.78, 5) is 37.5. The van der Waals surface area contributed by atoms with E-state index in [1.807, 2.05) is 48.5 Å². The second-order valence-electron chi connectivity index (χ2n) is 7.24. The average Bonchev–Trinajstić information content (AvgIpc) is 3.23. The normalized spacial score (nSPS) is 13.5. The van der Waals surface area contributed by atoms with Crippen LogP contribution in [0, 0.1) is 0 Å². The van der Waals surface area contributed by atoms with Crippen LogP contribution in [0.25, 0.3) is 6.08 Å². The zero-order valence-electron chi connectivity index (χ0n) is 17.6. The largest absolute Gasteiger partial charge is 0.497 e. The van der Waals surface area contributed by atoms with Gasteiger partial charge in [0.15, 0.2) is 0 Å². The lowest BCUT2D eigenvalue weighted by Crippen LogP contribution is -2.29. The second kappa shape index (κ2) is 11.0. The van der Waals surface area contributed by atoms with Crippen LogP contribution in [0.5, 0.6) is 5.75 Å². The third-order valence-corrected chi connectivity index (χ3v) is 5.01. The number of hydrogen-bond acceptors (Lipinski definition) is 4. The van der Waals surface area contributed by atoms with Crippen LogP contribution >= 0.6 is 0 Å². The number of carbonyl (C=O) groups excluding carboxylic acids is 3. The van der Waals surface area contributed by atoms with E-state index >= 15 is 0 Å². The maximum absolute atomic E-state index is 12.0. The van der Waals surface area contributed by atoms with Crippen LogP contribution in [0.3, 0.4) is 0 Å². The molecule has 0 spiro atoms. The van der Waals surface area contributed by atoms with E-state index in [4.69, 9.17) is 4.74 Å². The molecule has 0 atom stereocenters. The van der Waals surface area contributed by atoms with Gasteiger partial charge in [-0.05, 0) is 47.9 Å². The van der Waals surface area contributed by atoms with Crippen LogP contribution in [0.4, 0.5) is 5.69 Å². The smallest absolute Gasteiger partial charge is 0.244 e. The summed E-state index contributed by atoms with van der Waals surface area (Å²) in [6, 6.07) is 15.0. The van der Waals surface area contributed by atoms with E-state index in [9.17, 15) is 14.4 Å². The maximum Gasteiger partial charge on any atom is 0.244 e. The molecular weight excluding hydrogens is 394 g/mol. The van der Waals surface area contributed by atoms with E-state index in [0.717, 1.165) is 35.5 Å². The molecule has 1 aliphatic rings. The van der Waals surface area contributed by atoms with Gasteiger partial charge in [-0.2, -0.15) is 0 Å². The minimum Gasteiger partial charge on any atom is -0.497 e. The van der Waals surface area contributed by atoms with Gasteiger partial charge in [0.2, 0.25) is 17.7 Å². The van der Waals surface area contributed by atoms with Crippen LogP contribution in [0.15, 0.2) is 54.6 Å². The van der Waals surface area contributed by atoms with Crippen LogP contribution < -0.4 is 20.3 Å². The van der Waals surface area contributed by atoms with Crippen LogP contribution in [0.1, 0.15) is 30.4 Å². The first-order valence-corrected chi connectivity index (χ1v) is 10.3. The first-order chi connectivity index (χ1) is 15.0. The van der Waals surface area contributed by atoms with Gasteiger partial charge in [-0.3, -0.25) is 14.4 Å². The molecule has 1 aliphatic heterocycles. The second-order valence-corrected chi connectivity index (χ2v) is 7.24. The molecule has 0 aliphatic carbocycles. The number of nitrogens with zero attached hydrogens (tertiary/aromatic N) is 1. The lowest BCUT2D eigenvalue weighted by Gasteiger charge is -2.16. The maximum atomic E-state index is 12.0. The fourth-order valence-electron chi connectivity index (χ4n) is 3.25. The van der Waals surface area contributed by atoms with Gasteiger partial charge in [0, 0.05) is 44.2 Å².